The molecule has 0 amide bonds. The smallest absolute Gasteiger partial charge is 0.161 e. The summed E-state index contributed by atoms with van der Waals surface area (Å²) in [5.41, 5.74) is 2.28. The van der Waals surface area contributed by atoms with Crippen LogP contribution in [0, 0.1) is 0 Å². The second kappa shape index (κ2) is 9.18. The number of benzene rings is 2. The lowest BCUT2D eigenvalue weighted by molar-refractivity contribution is 0.354. The van der Waals surface area contributed by atoms with Gasteiger partial charge in [-0.15, -0.1) is 12.4 Å². The second-order valence-corrected chi connectivity index (χ2v) is 4.60. The van der Waals surface area contributed by atoms with Gasteiger partial charge < -0.3 is 19.5 Å². The molecule has 2 aromatic rings. The lowest BCUT2D eigenvalue weighted by atomic mass is 10.1. The summed E-state index contributed by atoms with van der Waals surface area (Å²) in [5, 5.41) is 3.41. The van der Waals surface area contributed by atoms with Gasteiger partial charge in [0.15, 0.2) is 11.5 Å². The van der Waals surface area contributed by atoms with Crippen molar-refractivity contribution in [3.05, 3.63) is 53.6 Å². The van der Waals surface area contributed by atoms with Crippen molar-refractivity contribution in [2.75, 3.05) is 21.3 Å². The zero-order valence-electron chi connectivity index (χ0n) is 13.1. The Hall–Kier alpha value is -1.91. The summed E-state index contributed by atoms with van der Waals surface area (Å²) in [4.78, 5) is 0. The molecule has 5 heteroatoms. The maximum atomic E-state index is 5.34. The Bertz CT molecular complexity index is 590. The Morgan fingerprint density at radius 2 is 1.45 bits per heavy atom. The minimum Gasteiger partial charge on any atom is -0.496 e. The highest BCUT2D eigenvalue weighted by molar-refractivity contribution is 5.85. The van der Waals surface area contributed by atoms with Gasteiger partial charge in [0.05, 0.1) is 21.3 Å². The fraction of sp³-hybridized carbons (Fsp3) is 0.294. The average Bonchev–Trinajstić information content (AvgIpc) is 2.55. The fourth-order valence-corrected chi connectivity index (χ4v) is 2.18. The van der Waals surface area contributed by atoms with Crippen molar-refractivity contribution < 1.29 is 14.2 Å². The first kappa shape index (κ1) is 18.1. The summed E-state index contributed by atoms with van der Waals surface area (Å²) in [5.74, 6) is 2.39. The molecule has 0 heterocycles. The topological polar surface area (TPSA) is 39.7 Å². The Balaban J connectivity index is 0.00000242. The summed E-state index contributed by atoms with van der Waals surface area (Å²) in [6, 6.07) is 13.9. The molecule has 22 heavy (non-hydrogen) atoms. The molecule has 0 saturated heterocycles. The van der Waals surface area contributed by atoms with Gasteiger partial charge in [0.2, 0.25) is 0 Å². The molecule has 2 rings (SSSR count). The van der Waals surface area contributed by atoms with E-state index in [4.69, 9.17) is 14.2 Å². The SMILES string of the molecule is COc1ccccc1CNCc1ccc(OC)c(OC)c1.Cl. The molecule has 0 atom stereocenters. The normalized spacial score (nSPS) is 9.77. The van der Waals surface area contributed by atoms with E-state index >= 15 is 0 Å². The summed E-state index contributed by atoms with van der Waals surface area (Å²) in [6.45, 7) is 1.50. The molecular formula is C17H22ClNO3. The number of para-hydroxylation sites is 1. The first-order valence-corrected chi connectivity index (χ1v) is 6.82. The minimum absolute atomic E-state index is 0. The van der Waals surface area contributed by atoms with Crippen molar-refractivity contribution in [3.8, 4) is 17.2 Å². The number of methoxy groups -OCH3 is 3. The van der Waals surface area contributed by atoms with Gasteiger partial charge >= 0.3 is 0 Å². The van der Waals surface area contributed by atoms with Gasteiger partial charge in [0.25, 0.3) is 0 Å². The third-order valence-corrected chi connectivity index (χ3v) is 3.29. The quantitative estimate of drug-likeness (QED) is 0.847. The van der Waals surface area contributed by atoms with Gasteiger partial charge in [0, 0.05) is 18.7 Å². The van der Waals surface area contributed by atoms with Crippen molar-refractivity contribution in [1.82, 2.24) is 5.32 Å². The van der Waals surface area contributed by atoms with Gasteiger partial charge in [-0.3, -0.25) is 0 Å². The van der Waals surface area contributed by atoms with E-state index < -0.39 is 0 Å². The predicted octanol–water partition coefficient (Wildman–Crippen LogP) is 3.42. The van der Waals surface area contributed by atoms with Crippen LogP contribution in [-0.2, 0) is 13.1 Å². The fourth-order valence-electron chi connectivity index (χ4n) is 2.18. The molecule has 0 radical (unpaired) electrons. The third-order valence-electron chi connectivity index (χ3n) is 3.29. The van der Waals surface area contributed by atoms with Crippen molar-refractivity contribution in [1.29, 1.82) is 0 Å². The Morgan fingerprint density at radius 3 is 2.14 bits per heavy atom. The number of nitrogens with one attached hydrogen (secondary N) is 1. The molecule has 4 nitrogen and oxygen atoms in total. The number of ether oxygens (including phenoxy) is 3. The molecule has 0 aliphatic heterocycles. The minimum atomic E-state index is 0. The molecule has 2 aromatic carbocycles. The predicted molar refractivity (Wildman–Crippen MR) is 90.3 cm³/mol. The number of hydrogen-bond acceptors (Lipinski definition) is 4. The third kappa shape index (κ3) is 4.55. The lowest BCUT2D eigenvalue weighted by Gasteiger charge is -2.11. The molecule has 0 spiro atoms. The molecule has 1 N–H and O–H groups in total. The van der Waals surface area contributed by atoms with Crippen LogP contribution in [0.4, 0.5) is 0 Å². The molecule has 0 bridgehead atoms. The largest absolute Gasteiger partial charge is 0.496 e. The van der Waals surface area contributed by atoms with Crippen LogP contribution >= 0.6 is 12.4 Å². The first-order chi connectivity index (χ1) is 10.3. The van der Waals surface area contributed by atoms with Crippen molar-refractivity contribution in [2.45, 2.75) is 13.1 Å². The summed E-state index contributed by atoms with van der Waals surface area (Å²) in [7, 11) is 4.97. The molecular weight excluding hydrogens is 302 g/mol. The van der Waals surface area contributed by atoms with E-state index in [0.717, 1.165) is 41.5 Å². The van der Waals surface area contributed by atoms with Crippen molar-refractivity contribution in [3.63, 3.8) is 0 Å². The van der Waals surface area contributed by atoms with Crippen molar-refractivity contribution >= 4 is 12.4 Å². The van der Waals surface area contributed by atoms with Gasteiger partial charge in [-0.2, -0.15) is 0 Å². The Morgan fingerprint density at radius 1 is 0.773 bits per heavy atom. The highest BCUT2D eigenvalue weighted by Crippen LogP contribution is 2.27. The average molecular weight is 324 g/mol. The molecule has 0 unspecified atom stereocenters. The van der Waals surface area contributed by atoms with Crippen LogP contribution in [0.25, 0.3) is 0 Å². The van der Waals surface area contributed by atoms with Crippen LogP contribution in [0.5, 0.6) is 17.2 Å². The molecule has 0 aromatic heterocycles. The van der Waals surface area contributed by atoms with E-state index in [9.17, 15) is 0 Å². The van der Waals surface area contributed by atoms with E-state index in [-0.39, 0.29) is 12.4 Å². The monoisotopic (exact) mass is 323 g/mol. The molecule has 120 valence electrons. The first-order valence-electron chi connectivity index (χ1n) is 6.82. The van der Waals surface area contributed by atoms with Crippen LogP contribution in [0.2, 0.25) is 0 Å². The van der Waals surface area contributed by atoms with Crippen LogP contribution < -0.4 is 19.5 Å². The zero-order valence-corrected chi connectivity index (χ0v) is 13.9. The van der Waals surface area contributed by atoms with E-state index in [2.05, 4.69) is 11.4 Å². The van der Waals surface area contributed by atoms with Gasteiger partial charge in [-0.1, -0.05) is 24.3 Å². The second-order valence-electron chi connectivity index (χ2n) is 4.60. The van der Waals surface area contributed by atoms with Crippen LogP contribution in [0.1, 0.15) is 11.1 Å². The Labute approximate surface area is 137 Å². The highest BCUT2D eigenvalue weighted by Gasteiger charge is 2.05. The lowest BCUT2D eigenvalue weighted by Crippen LogP contribution is -2.13. The number of halogens is 1. The Kier molecular flexibility index (Phi) is 7.57. The summed E-state index contributed by atoms with van der Waals surface area (Å²) < 4.78 is 15.9. The highest BCUT2D eigenvalue weighted by atomic mass is 35.5. The van der Waals surface area contributed by atoms with Crippen LogP contribution in [0.15, 0.2) is 42.5 Å². The van der Waals surface area contributed by atoms with Crippen LogP contribution in [-0.4, -0.2) is 21.3 Å². The molecule has 0 fully saturated rings. The van der Waals surface area contributed by atoms with Crippen LogP contribution in [0.3, 0.4) is 0 Å². The van der Waals surface area contributed by atoms with E-state index in [1.54, 1.807) is 21.3 Å². The standard InChI is InChI=1S/C17H21NO3.ClH/c1-19-15-7-5-4-6-14(15)12-18-11-13-8-9-16(20-2)17(10-13)21-3;/h4-10,18H,11-12H2,1-3H3;1H. The number of rotatable bonds is 7. The molecule has 0 aliphatic rings. The molecule has 0 aliphatic carbocycles. The van der Waals surface area contributed by atoms with E-state index in [0.29, 0.717) is 0 Å². The van der Waals surface area contributed by atoms with Gasteiger partial charge in [-0.25, -0.2) is 0 Å². The maximum absolute atomic E-state index is 5.34. The van der Waals surface area contributed by atoms with E-state index in [1.807, 2.05) is 36.4 Å². The molecule has 0 saturated carbocycles. The van der Waals surface area contributed by atoms with E-state index in [1.165, 1.54) is 0 Å². The summed E-state index contributed by atoms with van der Waals surface area (Å²) >= 11 is 0. The summed E-state index contributed by atoms with van der Waals surface area (Å²) in [6.07, 6.45) is 0. The van der Waals surface area contributed by atoms with Gasteiger partial charge in [-0.05, 0) is 23.8 Å². The zero-order chi connectivity index (χ0) is 15.1. The maximum Gasteiger partial charge on any atom is 0.161 e. The van der Waals surface area contributed by atoms with Gasteiger partial charge in [0.1, 0.15) is 5.75 Å². The van der Waals surface area contributed by atoms with Crippen molar-refractivity contribution in [2.24, 2.45) is 0 Å². The number of hydrogen-bond donors (Lipinski definition) is 1.